The molecule has 1 fully saturated rings. The average Bonchev–Trinajstić information content (AvgIpc) is 2.46. The minimum Gasteiger partial charge on any atom is -0.484 e. The third kappa shape index (κ3) is 3.71. The standard InChI is InChI=1S/C14H18N2O3/c15-14(18)11-5-4-8-16(9-11)13(17)10-19-12-6-2-1-3-7-12/h1-3,6-7,11H,4-5,8-10H2,(H2,15,18). The van der Waals surface area contributed by atoms with Crippen molar-refractivity contribution < 1.29 is 14.3 Å². The van der Waals surface area contributed by atoms with Gasteiger partial charge in [0.1, 0.15) is 5.75 Å². The Kier molecular flexibility index (Phi) is 4.39. The summed E-state index contributed by atoms with van der Waals surface area (Å²) in [7, 11) is 0. The lowest BCUT2D eigenvalue weighted by molar-refractivity contribution is -0.136. The van der Waals surface area contributed by atoms with Gasteiger partial charge in [0, 0.05) is 13.1 Å². The second-order valence-electron chi connectivity index (χ2n) is 4.68. The second-order valence-corrected chi connectivity index (χ2v) is 4.68. The largest absolute Gasteiger partial charge is 0.484 e. The number of hydrogen-bond acceptors (Lipinski definition) is 3. The fourth-order valence-electron chi connectivity index (χ4n) is 2.19. The number of hydrogen-bond donors (Lipinski definition) is 1. The zero-order chi connectivity index (χ0) is 13.7. The summed E-state index contributed by atoms with van der Waals surface area (Å²) in [5.74, 6) is 0.00465. The second kappa shape index (κ2) is 6.22. The third-order valence-corrected chi connectivity index (χ3v) is 3.28. The fourth-order valence-corrected chi connectivity index (χ4v) is 2.19. The molecular weight excluding hydrogens is 244 g/mol. The van der Waals surface area contributed by atoms with Crippen molar-refractivity contribution in [2.45, 2.75) is 12.8 Å². The summed E-state index contributed by atoms with van der Waals surface area (Å²) in [5, 5.41) is 0. The van der Waals surface area contributed by atoms with Crippen molar-refractivity contribution in [2.24, 2.45) is 11.7 Å². The van der Waals surface area contributed by atoms with E-state index in [0.29, 0.717) is 18.8 Å². The summed E-state index contributed by atoms with van der Waals surface area (Å²) < 4.78 is 5.41. The van der Waals surface area contributed by atoms with Crippen LogP contribution in [0.15, 0.2) is 30.3 Å². The molecule has 1 heterocycles. The smallest absolute Gasteiger partial charge is 0.260 e. The minimum absolute atomic E-state index is 0.00447. The van der Waals surface area contributed by atoms with Crippen molar-refractivity contribution in [1.82, 2.24) is 4.90 Å². The van der Waals surface area contributed by atoms with Crippen LogP contribution in [0.2, 0.25) is 0 Å². The predicted molar refractivity (Wildman–Crippen MR) is 70.4 cm³/mol. The van der Waals surface area contributed by atoms with Crippen molar-refractivity contribution in [3.63, 3.8) is 0 Å². The van der Waals surface area contributed by atoms with Gasteiger partial charge in [0.05, 0.1) is 5.92 Å². The molecule has 1 aliphatic heterocycles. The highest BCUT2D eigenvalue weighted by atomic mass is 16.5. The summed E-state index contributed by atoms with van der Waals surface area (Å²) in [6.45, 7) is 1.07. The number of ether oxygens (including phenoxy) is 1. The van der Waals surface area contributed by atoms with Crippen LogP contribution in [-0.2, 0) is 9.59 Å². The van der Waals surface area contributed by atoms with Crippen LogP contribution < -0.4 is 10.5 Å². The first-order valence-electron chi connectivity index (χ1n) is 6.42. The van der Waals surface area contributed by atoms with Crippen LogP contribution >= 0.6 is 0 Å². The number of benzene rings is 1. The maximum Gasteiger partial charge on any atom is 0.260 e. The molecule has 102 valence electrons. The van der Waals surface area contributed by atoms with E-state index in [2.05, 4.69) is 0 Å². The van der Waals surface area contributed by atoms with Gasteiger partial charge in [-0.15, -0.1) is 0 Å². The van der Waals surface area contributed by atoms with Crippen LogP contribution in [-0.4, -0.2) is 36.4 Å². The molecule has 0 radical (unpaired) electrons. The predicted octanol–water partition coefficient (Wildman–Crippen LogP) is 0.789. The van der Waals surface area contributed by atoms with Gasteiger partial charge in [-0.3, -0.25) is 9.59 Å². The van der Waals surface area contributed by atoms with E-state index in [0.717, 1.165) is 12.8 Å². The Morgan fingerprint density at radius 2 is 2.05 bits per heavy atom. The Balaban J connectivity index is 1.84. The highest BCUT2D eigenvalue weighted by molar-refractivity contribution is 5.81. The first-order chi connectivity index (χ1) is 9.16. The van der Waals surface area contributed by atoms with E-state index in [1.54, 1.807) is 17.0 Å². The average molecular weight is 262 g/mol. The van der Waals surface area contributed by atoms with E-state index in [-0.39, 0.29) is 24.3 Å². The molecule has 5 heteroatoms. The molecule has 1 atom stereocenters. The maximum atomic E-state index is 12.0. The lowest BCUT2D eigenvalue weighted by Crippen LogP contribution is -2.45. The Labute approximate surface area is 112 Å². The zero-order valence-electron chi connectivity index (χ0n) is 10.7. The summed E-state index contributed by atoms with van der Waals surface area (Å²) in [6.07, 6.45) is 1.57. The number of carbonyl (C=O) groups is 2. The molecule has 2 N–H and O–H groups in total. The molecule has 19 heavy (non-hydrogen) atoms. The van der Waals surface area contributed by atoms with Crippen LogP contribution in [0.3, 0.4) is 0 Å². The molecule has 0 bridgehead atoms. The molecule has 2 rings (SSSR count). The summed E-state index contributed by atoms with van der Waals surface area (Å²) in [6, 6.07) is 9.19. The lowest BCUT2D eigenvalue weighted by atomic mass is 9.97. The maximum absolute atomic E-state index is 12.0. The molecule has 1 aromatic carbocycles. The molecule has 1 saturated heterocycles. The van der Waals surface area contributed by atoms with Crippen molar-refractivity contribution in [3.05, 3.63) is 30.3 Å². The van der Waals surface area contributed by atoms with Crippen molar-refractivity contribution >= 4 is 11.8 Å². The molecule has 0 aromatic heterocycles. The normalized spacial score (nSPS) is 18.9. The molecule has 1 unspecified atom stereocenters. The van der Waals surface area contributed by atoms with E-state index in [1.165, 1.54) is 0 Å². The van der Waals surface area contributed by atoms with Crippen molar-refractivity contribution in [3.8, 4) is 5.75 Å². The van der Waals surface area contributed by atoms with E-state index in [1.807, 2.05) is 18.2 Å². The van der Waals surface area contributed by atoms with Gasteiger partial charge in [-0.05, 0) is 25.0 Å². The van der Waals surface area contributed by atoms with Gasteiger partial charge in [0.2, 0.25) is 5.91 Å². The molecule has 2 amide bonds. The summed E-state index contributed by atoms with van der Waals surface area (Å²) >= 11 is 0. The number of rotatable bonds is 4. The highest BCUT2D eigenvalue weighted by Crippen LogP contribution is 2.16. The van der Waals surface area contributed by atoms with Gasteiger partial charge in [-0.25, -0.2) is 0 Å². The Morgan fingerprint density at radius 1 is 1.32 bits per heavy atom. The SMILES string of the molecule is NC(=O)C1CCCN(C(=O)COc2ccccc2)C1. The van der Waals surface area contributed by atoms with E-state index in [4.69, 9.17) is 10.5 Å². The first kappa shape index (κ1) is 13.4. The summed E-state index contributed by atoms with van der Waals surface area (Å²) in [5.41, 5.74) is 5.29. The molecule has 0 spiro atoms. The van der Waals surface area contributed by atoms with Gasteiger partial charge < -0.3 is 15.4 Å². The number of carbonyl (C=O) groups excluding carboxylic acids is 2. The van der Waals surface area contributed by atoms with Gasteiger partial charge in [0.15, 0.2) is 6.61 Å². The Bertz CT molecular complexity index is 447. The third-order valence-electron chi connectivity index (χ3n) is 3.28. The van der Waals surface area contributed by atoms with Gasteiger partial charge >= 0.3 is 0 Å². The number of para-hydroxylation sites is 1. The molecule has 1 aliphatic rings. The Morgan fingerprint density at radius 3 is 2.74 bits per heavy atom. The van der Waals surface area contributed by atoms with Gasteiger partial charge in [-0.1, -0.05) is 18.2 Å². The van der Waals surface area contributed by atoms with Crippen LogP contribution in [0, 0.1) is 5.92 Å². The molecule has 5 nitrogen and oxygen atoms in total. The molecule has 0 saturated carbocycles. The molecule has 0 aliphatic carbocycles. The lowest BCUT2D eigenvalue weighted by Gasteiger charge is -2.31. The van der Waals surface area contributed by atoms with Gasteiger partial charge in [0.25, 0.3) is 5.91 Å². The van der Waals surface area contributed by atoms with Crippen LogP contribution in [0.4, 0.5) is 0 Å². The van der Waals surface area contributed by atoms with Crippen molar-refractivity contribution in [1.29, 1.82) is 0 Å². The van der Waals surface area contributed by atoms with Crippen LogP contribution in [0.1, 0.15) is 12.8 Å². The van der Waals surface area contributed by atoms with Crippen molar-refractivity contribution in [2.75, 3.05) is 19.7 Å². The number of nitrogens with zero attached hydrogens (tertiary/aromatic N) is 1. The number of likely N-dealkylation sites (tertiary alicyclic amines) is 1. The minimum atomic E-state index is -0.332. The fraction of sp³-hybridized carbons (Fsp3) is 0.429. The molecular formula is C14H18N2O3. The first-order valence-corrected chi connectivity index (χ1v) is 6.42. The number of primary amides is 1. The van der Waals surface area contributed by atoms with E-state index in [9.17, 15) is 9.59 Å². The van der Waals surface area contributed by atoms with Crippen LogP contribution in [0.25, 0.3) is 0 Å². The Hall–Kier alpha value is -2.04. The zero-order valence-corrected chi connectivity index (χ0v) is 10.7. The van der Waals surface area contributed by atoms with Crippen LogP contribution in [0.5, 0.6) is 5.75 Å². The highest BCUT2D eigenvalue weighted by Gasteiger charge is 2.26. The quantitative estimate of drug-likeness (QED) is 0.872. The topological polar surface area (TPSA) is 72.6 Å². The number of piperidine rings is 1. The van der Waals surface area contributed by atoms with E-state index >= 15 is 0 Å². The molecule has 1 aromatic rings. The number of nitrogens with two attached hydrogens (primary N) is 1. The van der Waals surface area contributed by atoms with Gasteiger partial charge in [-0.2, -0.15) is 0 Å². The monoisotopic (exact) mass is 262 g/mol. The number of amides is 2. The summed E-state index contributed by atoms with van der Waals surface area (Å²) in [4.78, 5) is 24.8. The van der Waals surface area contributed by atoms with E-state index < -0.39 is 0 Å².